The number of carbonyl (C=O) groups excluding carboxylic acids is 1. The van der Waals surface area contributed by atoms with Crippen molar-refractivity contribution in [1.29, 1.82) is 0 Å². The normalized spacial score (nSPS) is 17.2. The Labute approximate surface area is 168 Å². The van der Waals surface area contributed by atoms with E-state index in [1.165, 1.54) is 12.1 Å². The van der Waals surface area contributed by atoms with E-state index in [9.17, 15) is 18.0 Å². The van der Waals surface area contributed by atoms with Gasteiger partial charge in [-0.25, -0.2) is 0 Å². The molecular formula is C20H16F3N3O2S. The highest BCUT2D eigenvalue weighted by atomic mass is 32.2. The molecule has 1 aliphatic heterocycles. The third-order valence-corrected chi connectivity index (χ3v) is 5.49. The predicted molar refractivity (Wildman–Crippen MR) is 103 cm³/mol. The number of alkyl halides is 3. The number of anilines is 1. The van der Waals surface area contributed by atoms with Crippen molar-refractivity contribution in [3.8, 4) is 11.4 Å². The van der Waals surface area contributed by atoms with Gasteiger partial charge in [0, 0.05) is 29.1 Å². The average molecular weight is 419 g/mol. The summed E-state index contributed by atoms with van der Waals surface area (Å²) in [6.07, 6.45) is -2.27. The molecule has 0 N–H and O–H groups in total. The minimum atomic E-state index is -4.45. The summed E-state index contributed by atoms with van der Waals surface area (Å²) in [5, 5.41) is 3.81. The standard InChI is InChI=1S/C20H16F3N3O2S/c1-29-16-7-5-15(6-8-16)26-11-13(10-17(26)27)19-24-18(25-28-19)12-3-2-4-14(9-12)20(21,22)23/h2-9,13H,10-11H2,1H3. The topological polar surface area (TPSA) is 59.2 Å². The molecule has 1 fully saturated rings. The molecule has 0 aliphatic carbocycles. The van der Waals surface area contributed by atoms with E-state index in [4.69, 9.17) is 4.52 Å². The van der Waals surface area contributed by atoms with Gasteiger partial charge in [-0.3, -0.25) is 4.79 Å². The molecular weight excluding hydrogens is 403 g/mol. The Bertz CT molecular complexity index is 1030. The van der Waals surface area contributed by atoms with Gasteiger partial charge < -0.3 is 9.42 Å². The van der Waals surface area contributed by atoms with E-state index in [1.54, 1.807) is 16.7 Å². The lowest BCUT2D eigenvalue weighted by Crippen LogP contribution is -2.24. The van der Waals surface area contributed by atoms with Gasteiger partial charge >= 0.3 is 6.18 Å². The number of halogens is 3. The predicted octanol–water partition coefficient (Wildman–Crippen LogP) is 5.00. The number of nitrogens with zero attached hydrogens (tertiary/aromatic N) is 3. The lowest BCUT2D eigenvalue weighted by Gasteiger charge is -2.16. The first kappa shape index (κ1) is 19.5. The molecule has 1 unspecified atom stereocenters. The number of benzene rings is 2. The molecule has 3 aromatic rings. The first-order valence-electron chi connectivity index (χ1n) is 8.81. The molecule has 9 heteroatoms. The maximum absolute atomic E-state index is 12.9. The highest BCUT2D eigenvalue weighted by Crippen LogP contribution is 2.34. The molecule has 29 heavy (non-hydrogen) atoms. The Morgan fingerprint density at radius 3 is 2.62 bits per heavy atom. The molecule has 0 saturated carbocycles. The number of carbonyl (C=O) groups is 1. The van der Waals surface area contributed by atoms with E-state index in [0.29, 0.717) is 6.54 Å². The van der Waals surface area contributed by atoms with Gasteiger partial charge in [-0.15, -0.1) is 11.8 Å². The highest BCUT2D eigenvalue weighted by Gasteiger charge is 2.35. The van der Waals surface area contributed by atoms with Crippen LogP contribution in [0, 0.1) is 0 Å². The third-order valence-electron chi connectivity index (χ3n) is 4.75. The summed E-state index contributed by atoms with van der Waals surface area (Å²) < 4.78 is 44.0. The van der Waals surface area contributed by atoms with E-state index in [-0.39, 0.29) is 35.5 Å². The van der Waals surface area contributed by atoms with Crippen LogP contribution in [0.15, 0.2) is 57.9 Å². The second-order valence-corrected chi connectivity index (χ2v) is 7.52. The fraction of sp³-hybridized carbons (Fsp3) is 0.250. The van der Waals surface area contributed by atoms with Gasteiger partial charge in [-0.05, 0) is 42.7 Å². The summed E-state index contributed by atoms with van der Waals surface area (Å²) in [6, 6.07) is 12.4. The number of rotatable bonds is 4. The van der Waals surface area contributed by atoms with Crippen molar-refractivity contribution in [2.45, 2.75) is 23.4 Å². The first-order chi connectivity index (χ1) is 13.8. The summed E-state index contributed by atoms with van der Waals surface area (Å²) in [6.45, 7) is 0.377. The summed E-state index contributed by atoms with van der Waals surface area (Å²) >= 11 is 1.61. The van der Waals surface area contributed by atoms with Crippen LogP contribution in [0.2, 0.25) is 0 Å². The van der Waals surface area contributed by atoms with Crippen LogP contribution in [-0.4, -0.2) is 28.8 Å². The Kier molecular flexibility index (Phi) is 5.08. The summed E-state index contributed by atoms with van der Waals surface area (Å²) in [7, 11) is 0. The van der Waals surface area contributed by atoms with Gasteiger partial charge in [0.25, 0.3) is 0 Å². The molecule has 1 aliphatic rings. The van der Waals surface area contributed by atoms with Crippen LogP contribution in [-0.2, 0) is 11.0 Å². The summed E-state index contributed by atoms with van der Waals surface area (Å²) in [4.78, 5) is 19.5. The minimum Gasteiger partial charge on any atom is -0.339 e. The molecule has 0 radical (unpaired) electrons. The molecule has 150 valence electrons. The number of hydrogen-bond acceptors (Lipinski definition) is 5. The average Bonchev–Trinajstić information content (AvgIpc) is 3.34. The SMILES string of the molecule is CSc1ccc(N2CC(c3nc(-c4cccc(C(F)(F)F)c4)no3)CC2=O)cc1. The van der Waals surface area contributed by atoms with Crippen molar-refractivity contribution in [2.24, 2.45) is 0 Å². The zero-order chi connectivity index (χ0) is 20.6. The second-order valence-electron chi connectivity index (χ2n) is 6.64. The second kappa shape index (κ2) is 7.55. The smallest absolute Gasteiger partial charge is 0.339 e. The van der Waals surface area contributed by atoms with Gasteiger partial charge in [0.05, 0.1) is 11.5 Å². The van der Waals surface area contributed by atoms with Crippen molar-refractivity contribution < 1.29 is 22.5 Å². The molecule has 0 bridgehead atoms. The Morgan fingerprint density at radius 1 is 1.17 bits per heavy atom. The van der Waals surface area contributed by atoms with Crippen molar-refractivity contribution in [3.63, 3.8) is 0 Å². The van der Waals surface area contributed by atoms with Crippen LogP contribution in [0.25, 0.3) is 11.4 Å². The van der Waals surface area contributed by atoms with Crippen molar-refractivity contribution >= 4 is 23.4 Å². The van der Waals surface area contributed by atoms with Crippen LogP contribution in [0.4, 0.5) is 18.9 Å². The van der Waals surface area contributed by atoms with Gasteiger partial charge in [-0.1, -0.05) is 17.3 Å². The van der Waals surface area contributed by atoms with Gasteiger partial charge in [0.1, 0.15) is 0 Å². The largest absolute Gasteiger partial charge is 0.416 e. The molecule has 5 nitrogen and oxygen atoms in total. The minimum absolute atomic E-state index is 0.0641. The Hall–Kier alpha value is -2.81. The molecule has 1 saturated heterocycles. The third kappa shape index (κ3) is 4.00. The van der Waals surface area contributed by atoms with E-state index in [0.717, 1.165) is 22.7 Å². The lowest BCUT2D eigenvalue weighted by molar-refractivity contribution is -0.137. The number of aromatic nitrogens is 2. The summed E-state index contributed by atoms with van der Waals surface area (Å²) in [5.41, 5.74) is 0.217. The number of thioether (sulfide) groups is 1. The van der Waals surface area contributed by atoms with Crippen molar-refractivity contribution in [1.82, 2.24) is 10.1 Å². The molecule has 4 rings (SSSR count). The van der Waals surface area contributed by atoms with Crippen LogP contribution in [0.3, 0.4) is 0 Å². The fourth-order valence-corrected chi connectivity index (χ4v) is 3.65. The molecule has 1 aromatic heterocycles. The first-order valence-corrected chi connectivity index (χ1v) is 10.0. The van der Waals surface area contributed by atoms with Crippen LogP contribution in [0.1, 0.15) is 23.8 Å². The van der Waals surface area contributed by atoms with E-state index < -0.39 is 11.7 Å². The lowest BCUT2D eigenvalue weighted by atomic mass is 10.1. The Morgan fingerprint density at radius 2 is 1.93 bits per heavy atom. The summed E-state index contributed by atoms with van der Waals surface area (Å²) in [5.74, 6) is -0.0594. The monoisotopic (exact) mass is 419 g/mol. The van der Waals surface area contributed by atoms with Gasteiger partial charge in [0.2, 0.25) is 17.6 Å². The van der Waals surface area contributed by atoms with Crippen LogP contribution < -0.4 is 4.90 Å². The highest BCUT2D eigenvalue weighted by molar-refractivity contribution is 7.98. The van der Waals surface area contributed by atoms with Crippen molar-refractivity contribution in [2.75, 3.05) is 17.7 Å². The number of hydrogen-bond donors (Lipinski definition) is 0. The van der Waals surface area contributed by atoms with Gasteiger partial charge in [0.15, 0.2) is 0 Å². The molecule has 1 amide bonds. The van der Waals surface area contributed by atoms with Crippen LogP contribution in [0.5, 0.6) is 0 Å². The zero-order valence-corrected chi connectivity index (χ0v) is 16.1. The molecule has 2 aromatic carbocycles. The maximum Gasteiger partial charge on any atom is 0.416 e. The molecule has 0 spiro atoms. The zero-order valence-electron chi connectivity index (χ0n) is 15.3. The maximum atomic E-state index is 12.9. The van der Waals surface area contributed by atoms with Crippen LogP contribution >= 0.6 is 11.8 Å². The fourth-order valence-electron chi connectivity index (χ4n) is 3.24. The van der Waals surface area contributed by atoms with Gasteiger partial charge in [-0.2, -0.15) is 18.2 Å². The van der Waals surface area contributed by atoms with E-state index in [2.05, 4.69) is 10.1 Å². The number of amides is 1. The van der Waals surface area contributed by atoms with E-state index in [1.807, 2.05) is 30.5 Å². The quantitative estimate of drug-likeness (QED) is 0.557. The molecule has 1 atom stereocenters. The van der Waals surface area contributed by atoms with E-state index >= 15 is 0 Å². The van der Waals surface area contributed by atoms with Crippen molar-refractivity contribution in [3.05, 3.63) is 60.0 Å². The molecule has 2 heterocycles. The Balaban J connectivity index is 1.53.